The van der Waals surface area contributed by atoms with Gasteiger partial charge in [-0.2, -0.15) is 0 Å². The Bertz CT molecular complexity index is 903. The van der Waals surface area contributed by atoms with Crippen molar-refractivity contribution in [1.29, 1.82) is 0 Å². The molecule has 1 fully saturated rings. The van der Waals surface area contributed by atoms with Gasteiger partial charge in [-0.05, 0) is 54.3 Å². The van der Waals surface area contributed by atoms with Gasteiger partial charge in [0.05, 0.1) is 33.0 Å². The number of benzene rings is 2. The summed E-state index contributed by atoms with van der Waals surface area (Å²) in [6, 6.07) is 13.9. The molecule has 3 rings (SSSR count). The summed E-state index contributed by atoms with van der Waals surface area (Å²) >= 11 is 0. The molecule has 2 aromatic carbocycles. The van der Waals surface area contributed by atoms with Gasteiger partial charge < -0.3 is 24.4 Å². The highest BCUT2D eigenvalue weighted by molar-refractivity contribution is 5.92. The maximum absolute atomic E-state index is 12.4. The van der Waals surface area contributed by atoms with Gasteiger partial charge in [-0.3, -0.25) is 4.79 Å². The smallest absolute Gasteiger partial charge is 0.244 e. The van der Waals surface area contributed by atoms with Crippen molar-refractivity contribution < 1.29 is 19.0 Å². The standard InChI is InChI=1S/C26H34N2O4/c1-19(2)18-32-24-11-5-21(17-25(24)30-4)6-12-26(29)27-20(3)22-7-9-23(10-8-22)28-13-15-31-16-14-28/h5-12,17,19-20H,13-16,18H2,1-4H3,(H,27,29)/b12-6+. The number of anilines is 1. The summed E-state index contributed by atoms with van der Waals surface area (Å²) in [6.45, 7) is 10.2. The van der Waals surface area contributed by atoms with E-state index in [4.69, 9.17) is 14.2 Å². The van der Waals surface area contributed by atoms with Gasteiger partial charge in [0, 0.05) is 24.9 Å². The lowest BCUT2D eigenvalue weighted by Crippen LogP contribution is -2.36. The van der Waals surface area contributed by atoms with Crippen molar-refractivity contribution in [1.82, 2.24) is 5.32 Å². The third-order valence-electron chi connectivity index (χ3n) is 5.32. The van der Waals surface area contributed by atoms with E-state index in [1.54, 1.807) is 19.3 Å². The van der Waals surface area contributed by atoms with Crippen molar-refractivity contribution in [2.75, 3.05) is 44.9 Å². The zero-order chi connectivity index (χ0) is 22.9. The van der Waals surface area contributed by atoms with Crippen LogP contribution in [0, 0.1) is 5.92 Å². The lowest BCUT2D eigenvalue weighted by molar-refractivity contribution is -0.117. The van der Waals surface area contributed by atoms with Crippen LogP contribution in [0.5, 0.6) is 11.5 Å². The maximum atomic E-state index is 12.4. The maximum Gasteiger partial charge on any atom is 0.244 e. The fourth-order valence-corrected chi connectivity index (χ4v) is 3.48. The van der Waals surface area contributed by atoms with Crippen molar-refractivity contribution in [2.45, 2.75) is 26.8 Å². The van der Waals surface area contributed by atoms with Crippen LogP contribution in [0.4, 0.5) is 5.69 Å². The van der Waals surface area contributed by atoms with E-state index in [1.807, 2.05) is 25.1 Å². The number of nitrogens with one attached hydrogen (secondary N) is 1. The average Bonchev–Trinajstić information content (AvgIpc) is 2.82. The molecule has 32 heavy (non-hydrogen) atoms. The van der Waals surface area contributed by atoms with Crippen molar-refractivity contribution in [2.24, 2.45) is 5.92 Å². The van der Waals surface area contributed by atoms with E-state index >= 15 is 0 Å². The Labute approximate surface area is 191 Å². The van der Waals surface area contributed by atoms with E-state index in [2.05, 4.69) is 48.3 Å². The van der Waals surface area contributed by atoms with Crippen LogP contribution in [0.15, 0.2) is 48.5 Å². The second kappa shape index (κ2) is 11.6. The Morgan fingerprint density at radius 2 is 1.81 bits per heavy atom. The summed E-state index contributed by atoms with van der Waals surface area (Å²) in [6.07, 6.45) is 3.32. The van der Waals surface area contributed by atoms with Gasteiger partial charge >= 0.3 is 0 Å². The summed E-state index contributed by atoms with van der Waals surface area (Å²) in [5, 5.41) is 3.02. The fourth-order valence-electron chi connectivity index (χ4n) is 3.48. The molecule has 2 aromatic rings. The van der Waals surface area contributed by atoms with Crippen LogP contribution in [0.2, 0.25) is 0 Å². The molecule has 1 amide bonds. The number of rotatable bonds is 9. The second-order valence-corrected chi connectivity index (χ2v) is 8.37. The monoisotopic (exact) mass is 438 g/mol. The molecular formula is C26H34N2O4. The normalized spacial score (nSPS) is 15.1. The second-order valence-electron chi connectivity index (χ2n) is 8.37. The number of nitrogens with zero attached hydrogens (tertiary/aromatic N) is 1. The molecule has 1 aliphatic heterocycles. The van der Waals surface area contributed by atoms with E-state index in [0.717, 1.165) is 37.4 Å². The highest BCUT2D eigenvalue weighted by Gasteiger charge is 2.13. The Balaban J connectivity index is 1.56. The Hall–Kier alpha value is -2.99. The summed E-state index contributed by atoms with van der Waals surface area (Å²) in [5.41, 5.74) is 3.12. The fraction of sp³-hybridized carbons (Fsp3) is 0.423. The molecule has 1 saturated heterocycles. The lowest BCUT2D eigenvalue weighted by Gasteiger charge is -2.29. The summed E-state index contributed by atoms with van der Waals surface area (Å²) in [5.74, 6) is 1.65. The number of hydrogen-bond donors (Lipinski definition) is 1. The molecule has 1 unspecified atom stereocenters. The SMILES string of the molecule is COc1cc(/C=C/C(=O)NC(C)c2ccc(N3CCOCC3)cc2)ccc1OCC(C)C. The third-order valence-corrected chi connectivity index (χ3v) is 5.32. The molecule has 0 spiro atoms. The lowest BCUT2D eigenvalue weighted by atomic mass is 10.1. The van der Waals surface area contributed by atoms with E-state index in [0.29, 0.717) is 24.0 Å². The molecule has 0 saturated carbocycles. The van der Waals surface area contributed by atoms with Crippen LogP contribution >= 0.6 is 0 Å². The van der Waals surface area contributed by atoms with Gasteiger partial charge in [0.25, 0.3) is 0 Å². The van der Waals surface area contributed by atoms with Gasteiger partial charge in [0.2, 0.25) is 5.91 Å². The van der Waals surface area contributed by atoms with Gasteiger partial charge in [-0.1, -0.05) is 32.0 Å². The van der Waals surface area contributed by atoms with Crippen molar-refractivity contribution in [3.8, 4) is 11.5 Å². The quantitative estimate of drug-likeness (QED) is 0.586. The number of ether oxygens (including phenoxy) is 3. The van der Waals surface area contributed by atoms with Gasteiger partial charge in [0.1, 0.15) is 0 Å². The number of amides is 1. The average molecular weight is 439 g/mol. The van der Waals surface area contributed by atoms with Gasteiger partial charge in [-0.25, -0.2) is 0 Å². The first-order valence-corrected chi connectivity index (χ1v) is 11.2. The van der Waals surface area contributed by atoms with Crippen molar-refractivity contribution >= 4 is 17.7 Å². The minimum atomic E-state index is -0.145. The predicted molar refractivity (Wildman–Crippen MR) is 128 cm³/mol. The van der Waals surface area contributed by atoms with Crippen LogP contribution in [0.25, 0.3) is 6.08 Å². The number of hydrogen-bond acceptors (Lipinski definition) is 5. The Kier molecular flexibility index (Phi) is 8.56. The van der Waals surface area contributed by atoms with Crippen LogP contribution in [0.3, 0.4) is 0 Å². The molecule has 0 radical (unpaired) electrons. The first-order valence-electron chi connectivity index (χ1n) is 11.2. The molecular weight excluding hydrogens is 404 g/mol. The molecule has 172 valence electrons. The summed E-state index contributed by atoms with van der Waals surface area (Å²) < 4.78 is 16.6. The summed E-state index contributed by atoms with van der Waals surface area (Å²) in [4.78, 5) is 14.7. The minimum absolute atomic E-state index is 0.0905. The minimum Gasteiger partial charge on any atom is -0.493 e. The van der Waals surface area contributed by atoms with Crippen LogP contribution in [0.1, 0.15) is 37.9 Å². The molecule has 1 atom stereocenters. The zero-order valence-corrected chi connectivity index (χ0v) is 19.5. The first-order chi connectivity index (χ1) is 15.5. The van der Waals surface area contributed by atoms with E-state index in [1.165, 1.54) is 5.69 Å². The Morgan fingerprint density at radius 1 is 1.09 bits per heavy atom. The molecule has 1 heterocycles. The van der Waals surface area contributed by atoms with Gasteiger partial charge in [-0.15, -0.1) is 0 Å². The number of carbonyl (C=O) groups is 1. The Morgan fingerprint density at radius 3 is 2.47 bits per heavy atom. The molecule has 1 N–H and O–H groups in total. The molecule has 1 aliphatic rings. The largest absolute Gasteiger partial charge is 0.493 e. The zero-order valence-electron chi connectivity index (χ0n) is 19.5. The van der Waals surface area contributed by atoms with Crippen molar-refractivity contribution in [3.63, 3.8) is 0 Å². The molecule has 0 aliphatic carbocycles. The van der Waals surface area contributed by atoms with E-state index in [-0.39, 0.29) is 11.9 Å². The molecule has 6 nitrogen and oxygen atoms in total. The summed E-state index contributed by atoms with van der Waals surface area (Å²) in [7, 11) is 1.61. The third kappa shape index (κ3) is 6.76. The van der Waals surface area contributed by atoms with E-state index < -0.39 is 0 Å². The molecule has 6 heteroatoms. The molecule has 0 bridgehead atoms. The van der Waals surface area contributed by atoms with Crippen LogP contribution < -0.4 is 19.7 Å². The topological polar surface area (TPSA) is 60.0 Å². The molecule has 0 aromatic heterocycles. The number of carbonyl (C=O) groups excluding carboxylic acids is 1. The predicted octanol–water partition coefficient (Wildman–Crippen LogP) is 4.46. The van der Waals surface area contributed by atoms with E-state index in [9.17, 15) is 4.79 Å². The number of morpholine rings is 1. The van der Waals surface area contributed by atoms with Crippen LogP contribution in [-0.2, 0) is 9.53 Å². The number of methoxy groups -OCH3 is 1. The van der Waals surface area contributed by atoms with Crippen molar-refractivity contribution in [3.05, 3.63) is 59.7 Å². The highest BCUT2D eigenvalue weighted by Crippen LogP contribution is 2.29. The van der Waals surface area contributed by atoms with Crippen LogP contribution in [-0.4, -0.2) is 45.9 Å². The highest BCUT2D eigenvalue weighted by atomic mass is 16.5. The first kappa shape index (κ1) is 23.7. The van der Waals surface area contributed by atoms with Gasteiger partial charge in [0.15, 0.2) is 11.5 Å².